The third-order valence-corrected chi connectivity index (χ3v) is 2.83. The Morgan fingerprint density at radius 3 is 2.42 bits per heavy atom. The first-order valence-electron chi connectivity index (χ1n) is 5.46. The molecule has 102 valence electrons. The number of rotatable bonds is 2. The van der Waals surface area contributed by atoms with Crippen molar-refractivity contribution in [3.63, 3.8) is 0 Å². The number of alkyl halides is 3. The first kappa shape index (κ1) is 13.5. The van der Waals surface area contributed by atoms with Crippen LogP contribution >= 0.6 is 0 Å². The molecule has 2 amide bonds. The van der Waals surface area contributed by atoms with Crippen LogP contribution in [0.25, 0.3) is 0 Å². The summed E-state index contributed by atoms with van der Waals surface area (Å²) in [5, 5.41) is 2.05. The van der Waals surface area contributed by atoms with Gasteiger partial charge in [-0.3, -0.25) is 14.9 Å². The van der Waals surface area contributed by atoms with E-state index in [0.29, 0.717) is 6.07 Å². The minimum absolute atomic E-state index is 0.0437. The minimum atomic E-state index is -4.65. The van der Waals surface area contributed by atoms with E-state index < -0.39 is 35.3 Å². The number of imide groups is 1. The molecular formula is C12H9F4NO2. The molecule has 0 spiro atoms. The van der Waals surface area contributed by atoms with Gasteiger partial charge < -0.3 is 0 Å². The average Bonchev–Trinajstić information content (AvgIpc) is 2.55. The van der Waals surface area contributed by atoms with Crippen LogP contribution in [0.5, 0.6) is 0 Å². The Bertz CT molecular complexity index is 539. The number of halogens is 4. The van der Waals surface area contributed by atoms with E-state index in [0.717, 1.165) is 12.1 Å². The second-order valence-corrected chi connectivity index (χ2v) is 4.36. The highest BCUT2D eigenvalue weighted by Gasteiger charge is 2.33. The molecule has 0 aromatic heterocycles. The Hall–Kier alpha value is -1.92. The van der Waals surface area contributed by atoms with Gasteiger partial charge in [0.25, 0.3) is 0 Å². The lowest BCUT2D eigenvalue weighted by molar-refractivity contribution is -0.137. The molecule has 1 unspecified atom stereocenters. The van der Waals surface area contributed by atoms with E-state index in [-0.39, 0.29) is 18.4 Å². The summed E-state index contributed by atoms with van der Waals surface area (Å²) in [4.78, 5) is 22.3. The van der Waals surface area contributed by atoms with Crippen molar-refractivity contribution in [1.82, 2.24) is 5.32 Å². The van der Waals surface area contributed by atoms with Crippen molar-refractivity contribution in [2.24, 2.45) is 5.92 Å². The monoisotopic (exact) mass is 275 g/mol. The van der Waals surface area contributed by atoms with E-state index in [2.05, 4.69) is 5.32 Å². The van der Waals surface area contributed by atoms with E-state index in [4.69, 9.17) is 0 Å². The highest BCUT2D eigenvalue weighted by Crippen LogP contribution is 2.31. The normalized spacial score (nSPS) is 19.7. The number of carbonyl (C=O) groups is 2. The number of amides is 2. The van der Waals surface area contributed by atoms with Gasteiger partial charge in [0.1, 0.15) is 5.82 Å². The lowest BCUT2D eigenvalue weighted by Crippen LogP contribution is -2.23. The SMILES string of the molecule is O=C1CC(Cc2cc(F)cc(C(F)(F)F)c2)C(=O)N1. The summed E-state index contributed by atoms with van der Waals surface area (Å²) in [5.74, 6) is -2.77. The number of nitrogens with one attached hydrogen (secondary N) is 1. The second kappa shape index (κ2) is 4.64. The molecule has 2 rings (SSSR count). The van der Waals surface area contributed by atoms with Gasteiger partial charge in [-0.15, -0.1) is 0 Å². The van der Waals surface area contributed by atoms with Gasteiger partial charge in [-0.25, -0.2) is 4.39 Å². The highest BCUT2D eigenvalue weighted by molar-refractivity contribution is 6.03. The lowest BCUT2D eigenvalue weighted by Gasteiger charge is -2.11. The molecule has 1 aromatic rings. The van der Waals surface area contributed by atoms with Gasteiger partial charge in [-0.1, -0.05) is 0 Å². The van der Waals surface area contributed by atoms with Crippen LogP contribution in [-0.2, 0) is 22.2 Å². The third-order valence-electron chi connectivity index (χ3n) is 2.83. The Labute approximate surface area is 105 Å². The van der Waals surface area contributed by atoms with E-state index in [1.807, 2.05) is 0 Å². The van der Waals surface area contributed by atoms with Crippen LogP contribution in [0.2, 0.25) is 0 Å². The van der Waals surface area contributed by atoms with Crippen molar-refractivity contribution in [1.29, 1.82) is 0 Å². The summed E-state index contributed by atoms with van der Waals surface area (Å²) in [7, 11) is 0. The maximum absolute atomic E-state index is 13.1. The van der Waals surface area contributed by atoms with E-state index in [9.17, 15) is 27.2 Å². The molecule has 1 aliphatic rings. The molecule has 1 atom stereocenters. The van der Waals surface area contributed by atoms with Crippen LogP contribution in [-0.4, -0.2) is 11.8 Å². The zero-order valence-corrected chi connectivity index (χ0v) is 9.55. The van der Waals surface area contributed by atoms with Gasteiger partial charge in [0.05, 0.1) is 11.5 Å². The van der Waals surface area contributed by atoms with Gasteiger partial charge in [0.15, 0.2) is 0 Å². The standard InChI is InChI=1S/C12H9F4NO2/c13-9-3-6(2-8(5-9)12(14,15)16)1-7-4-10(18)17-11(7)19/h2-3,5,7H,1,4H2,(H,17,18,19). The van der Waals surface area contributed by atoms with Gasteiger partial charge >= 0.3 is 6.18 Å². The zero-order chi connectivity index (χ0) is 14.2. The highest BCUT2D eigenvalue weighted by atomic mass is 19.4. The smallest absolute Gasteiger partial charge is 0.296 e. The third kappa shape index (κ3) is 3.10. The molecule has 1 heterocycles. The molecule has 1 N–H and O–H groups in total. The van der Waals surface area contributed by atoms with Crippen LogP contribution in [0.3, 0.4) is 0 Å². The van der Waals surface area contributed by atoms with Crippen molar-refractivity contribution >= 4 is 11.8 Å². The molecule has 19 heavy (non-hydrogen) atoms. The van der Waals surface area contributed by atoms with Gasteiger partial charge in [-0.05, 0) is 30.2 Å². The van der Waals surface area contributed by atoms with Crippen molar-refractivity contribution in [3.05, 3.63) is 35.1 Å². The Kier molecular flexibility index (Phi) is 3.30. The summed E-state index contributed by atoms with van der Waals surface area (Å²) in [6.07, 6.45) is -4.83. The second-order valence-electron chi connectivity index (χ2n) is 4.36. The molecule has 0 bridgehead atoms. The lowest BCUT2D eigenvalue weighted by atomic mass is 9.96. The fraction of sp³-hybridized carbons (Fsp3) is 0.333. The average molecular weight is 275 g/mol. The number of carbonyl (C=O) groups excluding carboxylic acids is 2. The first-order chi connectivity index (χ1) is 8.75. The van der Waals surface area contributed by atoms with Crippen LogP contribution in [0.1, 0.15) is 17.5 Å². The summed E-state index contributed by atoms with van der Waals surface area (Å²) in [6, 6.07) is 2.12. The quantitative estimate of drug-likeness (QED) is 0.663. The molecule has 1 aliphatic heterocycles. The summed E-state index contributed by atoms with van der Waals surface area (Å²) in [5.41, 5.74) is -1.06. The number of benzene rings is 1. The molecular weight excluding hydrogens is 266 g/mol. The van der Waals surface area contributed by atoms with Crippen molar-refractivity contribution in [2.75, 3.05) is 0 Å². The number of hydrogen-bond acceptors (Lipinski definition) is 2. The molecule has 7 heteroatoms. The van der Waals surface area contributed by atoms with Crippen LogP contribution in [0.4, 0.5) is 17.6 Å². The topological polar surface area (TPSA) is 46.2 Å². The van der Waals surface area contributed by atoms with Crippen LogP contribution in [0, 0.1) is 11.7 Å². The predicted octanol–water partition coefficient (Wildman–Crippen LogP) is 2.05. The van der Waals surface area contributed by atoms with E-state index in [1.54, 1.807) is 0 Å². The molecule has 3 nitrogen and oxygen atoms in total. The molecule has 0 aliphatic carbocycles. The molecule has 1 aromatic carbocycles. The number of hydrogen-bond donors (Lipinski definition) is 1. The summed E-state index contributed by atoms with van der Waals surface area (Å²) < 4.78 is 50.6. The molecule has 0 saturated carbocycles. The molecule has 1 saturated heterocycles. The Balaban J connectivity index is 2.24. The Morgan fingerprint density at radius 2 is 1.89 bits per heavy atom. The van der Waals surface area contributed by atoms with Crippen molar-refractivity contribution in [3.8, 4) is 0 Å². The first-order valence-corrected chi connectivity index (χ1v) is 5.46. The van der Waals surface area contributed by atoms with Crippen LogP contribution < -0.4 is 5.32 Å². The van der Waals surface area contributed by atoms with Crippen LogP contribution in [0.15, 0.2) is 18.2 Å². The summed E-state index contributed by atoms with van der Waals surface area (Å²) in [6.45, 7) is 0. The van der Waals surface area contributed by atoms with Crippen molar-refractivity contribution in [2.45, 2.75) is 19.0 Å². The maximum Gasteiger partial charge on any atom is 0.416 e. The van der Waals surface area contributed by atoms with E-state index in [1.165, 1.54) is 0 Å². The van der Waals surface area contributed by atoms with Gasteiger partial charge in [-0.2, -0.15) is 13.2 Å². The molecule has 1 fully saturated rings. The largest absolute Gasteiger partial charge is 0.416 e. The van der Waals surface area contributed by atoms with E-state index >= 15 is 0 Å². The minimum Gasteiger partial charge on any atom is -0.296 e. The summed E-state index contributed by atoms with van der Waals surface area (Å²) >= 11 is 0. The Morgan fingerprint density at radius 1 is 1.21 bits per heavy atom. The van der Waals surface area contributed by atoms with Crippen molar-refractivity contribution < 1.29 is 27.2 Å². The zero-order valence-electron chi connectivity index (χ0n) is 9.55. The molecule has 0 radical (unpaired) electrons. The maximum atomic E-state index is 13.1. The predicted molar refractivity (Wildman–Crippen MR) is 56.4 cm³/mol. The fourth-order valence-corrected chi connectivity index (χ4v) is 1.99. The van der Waals surface area contributed by atoms with Gasteiger partial charge in [0.2, 0.25) is 11.8 Å². The van der Waals surface area contributed by atoms with Gasteiger partial charge in [0, 0.05) is 6.42 Å². The fourth-order valence-electron chi connectivity index (χ4n) is 1.99.